The van der Waals surface area contributed by atoms with E-state index in [1.54, 1.807) is 22.6 Å². The molecule has 0 aromatic carbocycles. The van der Waals surface area contributed by atoms with E-state index in [0.717, 1.165) is 19.0 Å². The molecule has 0 bridgehead atoms. The molecule has 1 saturated heterocycles. The molecule has 2 aromatic heterocycles. The summed E-state index contributed by atoms with van der Waals surface area (Å²) in [6.45, 7) is 3.00. The van der Waals surface area contributed by atoms with Gasteiger partial charge in [-0.15, -0.1) is 0 Å². The fourth-order valence-electron chi connectivity index (χ4n) is 3.19. The number of aromatic nitrogens is 2. The molecular formula is C18H22N4O2S. The summed E-state index contributed by atoms with van der Waals surface area (Å²) in [4.78, 5) is 10.7. The predicted octanol–water partition coefficient (Wildman–Crippen LogP) is 1.76. The summed E-state index contributed by atoms with van der Waals surface area (Å²) in [5.74, 6) is 0.769. The lowest BCUT2D eigenvalue weighted by molar-refractivity contribution is 0.0771. The van der Waals surface area contributed by atoms with Crippen molar-refractivity contribution in [3.8, 4) is 0 Å². The topological polar surface area (TPSA) is 66.4 Å². The molecule has 2 aliphatic rings. The first-order valence-electron chi connectivity index (χ1n) is 8.66. The second-order valence-electron chi connectivity index (χ2n) is 6.89. The molecule has 132 valence electrons. The quantitative estimate of drug-likeness (QED) is 0.755. The van der Waals surface area contributed by atoms with Crippen molar-refractivity contribution in [1.29, 1.82) is 0 Å². The van der Waals surface area contributed by atoms with Gasteiger partial charge in [-0.2, -0.15) is 4.31 Å². The van der Waals surface area contributed by atoms with Crippen molar-refractivity contribution in [2.75, 3.05) is 19.6 Å². The van der Waals surface area contributed by atoms with Crippen LogP contribution >= 0.6 is 0 Å². The molecule has 0 spiro atoms. The van der Waals surface area contributed by atoms with Crippen LogP contribution in [0.4, 0.5) is 0 Å². The highest BCUT2D eigenvalue weighted by atomic mass is 32.2. The van der Waals surface area contributed by atoms with Crippen molar-refractivity contribution in [1.82, 2.24) is 19.2 Å². The van der Waals surface area contributed by atoms with Crippen LogP contribution in [0.3, 0.4) is 0 Å². The molecule has 0 unspecified atom stereocenters. The van der Waals surface area contributed by atoms with Crippen molar-refractivity contribution in [3.63, 3.8) is 0 Å². The molecule has 1 aliphatic heterocycles. The van der Waals surface area contributed by atoms with E-state index in [4.69, 9.17) is 0 Å². The highest BCUT2D eigenvalue weighted by Crippen LogP contribution is 2.33. The summed E-state index contributed by atoms with van der Waals surface area (Å²) >= 11 is 0. The maximum atomic E-state index is 12.6. The number of rotatable bonds is 7. The van der Waals surface area contributed by atoms with Crippen molar-refractivity contribution < 1.29 is 8.42 Å². The zero-order chi connectivity index (χ0) is 17.3. The Balaban J connectivity index is 1.43. The van der Waals surface area contributed by atoms with Crippen molar-refractivity contribution in [3.05, 3.63) is 54.6 Å². The van der Waals surface area contributed by atoms with Crippen LogP contribution in [0.2, 0.25) is 0 Å². The Labute approximate surface area is 148 Å². The van der Waals surface area contributed by atoms with E-state index in [1.165, 1.54) is 24.6 Å². The van der Waals surface area contributed by atoms with E-state index >= 15 is 0 Å². The Morgan fingerprint density at radius 1 is 1.08 bits per heavy atom. The normalized spacial score (nSPS) is 19.1. The minimum Gasteiger partial charge on any atom is -0.293 e. The van der Waals surface area contributed by atoms with E-state index in [0.29, 0.717) is 13.1 Å². The molecule has 0 atom stereocenters. The fraction of sp³-hybridized carbons (Fsp3) is 0.444. The van der Waals surface area contributed by atoms with Gasteiger partial charge < -0.3 is 0 Å². The average Bonchev–Trinajstić information content (AvgIpc) is 3.39. The van der Waals surface area contributed by atoms with Crippen LogP contribution in [0.15, 0.2) is 53.9 Å². The van der Waals surface area contributed by atoms with Crippen LogP contribution in [0.25, 0.3) is 0 Å². The molecule has 1 saturated carbocycles. The van der Waals surface area contributed by atoms with Crippen LogP contribution in [-0.4, -0.2) is 53.3 Å². The molecule has 2 fully saturated rings. The molecule has 4 rings (SSSR count). The first-order chi connectivity index (χ1) is 12.1. The van der Waals surface area contributed by atoms with E-state index in [2.05, 4.69) is 14.9 Å². The summed E-state index contributed by atoms with van der Waals surface area (Å²) in [7, 11) is -3.42. The maximum Gasteiger partial charge on any atom is 0.244 e. The Kier molecular flexibility index (Phi) is 4.54. The molecule has 2 aromatic rings. The fourth-order valence-corrected chi connectivity index (χ4v) is 4.67. The first kappa shape index (κ1) is 16.6. The minimum atomic E-state index is -3.42. The summed E-state index contributed by atoms with van der Waals surface area (Å²) in [6, 6.07) is 7.60. The van der Waals surface area contributed by atoms with Gasteiger partial charge in [-0.25, -0.2) is 8.42 Å². The Bertz CT molecular complexity index is 803. The molecule has 3 heterocycles. The summed E-state index contributed by atoms with van der Waals surface area (Å²) in [6.07, 6.45) is 9.20. The number of sulfonamides is 1. The van der Waals surface area contributed by atoms with Crippen LogP contribution < -0.4 is 0 Å². The van der Waals surface area contributed by atoms with Crippen LogP contribution in [0, 0.1) is 5.92 Å². The van der Waals surface area contributed by atoms with Gasteiger partial charge in [0.25, 0.3) is 0 Å². The SMILES string of the molecule is O=S(=O)(c1cccnc1)N1CC(N(Cc2ccncc2)CC2CC2)C1. The highest BCUT2D eigenvalue weighted by Gasteiger charge is 2.41. The summed E-state index contributed by atoms with van der Waals surface area (Å²) < 4.78 is 26.8. The van der Waals surface area contributed by atoms with E-state index in [9.17, 15) is 8.42 Å². The third kappa shape index (κ3) is 3.73. The molecule has 0 radical (unpaired) electrons. The number of pyridine rings is 2. The van der Waals surface area contributed by atoms with E-state index in [1.807, 2.05) is 24.5 Å². The van der Waals surface area contributed by atoms with Gasteiger partial charge in [0.15, 0.2) is 0 Å². The van der Waals surface area contributed by atoms with Gasteiger partial charge in [0.1, 0.15) is 4.90 Å². The largest absolute Gasteiger partial charge is 0.293 e. The smallest absolute Gasteiger partial charge is 0.244 e. The predicted molar refractivity (Wildman–Crippen MR) is 94.2 cm³/mol. The summed E-state index contributed by atoms with van der Waals surface area (Å²) in [5, 5.41) is 0. The van der Waals surface area contributed by atoms with E-state index in [-0.39, 0.29) is 10.9 Å². The first-order valence-corrected chi connectivity index (χ1v) is 10.1. The van der Waals surface area contributed by atoms with Crippen molar-refractivity contribution in [2.45, 2.75) is 30.3 Å². The molecule has 7 heteroatoms. The Morgan fingerprint density at radius 3 is 2.48 bits per heavy atom. The Morgan fingerprint density at radius 2 is 1.84 bits per heavy atom. The van der Waals surface area contributed by atoms with Crippen molar-refractivity contribution in [2.24, 2.45) is 5.92 Å². The van der Waals surface area contributed by atoms with Gasteiger partial charge in [-0.1, -0.05) is 0 Å². The summed E-state index contributed by atoms with van der Waals surface area (Å²) in [5.41, 5.74) is 1.23. The lowest BCUT2D eigenvalue weighted by Crippen LogP contribution is -2.60. The van der Waals surface area contributed by atoms with Gasteiger partial charge in [0.05, 0.1) is 0 Å². The third-order valence-corrected chi connectivity index (χ3v) is 6.76. The minimum absolute atomic E-state index is 0.274. The molecule has 6 nitrogen and oxygen atoms in total. The molecule has 0 N–H and O–H groups in total. The lowest BCUT2D eigenvalue weighted by Gasteiger charge is -2.44. The zero-order valence-corrected chi connectivity index (χ0v) is 14.8. The van der Waals surface area contributed by atoms with Gasteiger partial charge >= 0.3 is 0 Å². The van der Waals surface area contributed by atoms with Gasteiger partial charge in [0, 0.05) is 57.0 Å². The van der Waals surface area contributed by atoms with Gasteiger partial charge in [-0.3, -0.25) is 14.9 Å². The average molecular weight is 358 g/mol. The zero-order valence-electron chi connectivity index (χ0n) is 14.0. The number of hydrogen-bond donors (Lipinski definition) is 0. The lowest BCUT2D eigenvalue weighted by atomic mass is 10.1. The molecule has 1 aliphatic carbocycles. The highest BCUT2D eigenvalue weighted by molar-refractivity contribution is 7.89. The standard InChI is InChI=1S/C18H22N4O2S/c23-25(24,18-2-1-7-20-10-18)22-13-17(14-22)21(11-15-3-4-15)12-16-5-8-19-9-6-16/h1-2,5-10,15,17H,3-4,11-14H2. The van der Waals surface area contributed by atoms with E-state index < -0.39 is 10.0 Å². The van der Waals surface area contributed by atoms with Crippen LogP contribution in [0.5, 0.6) is 0 Å². The second-order valence-corrected chi connectivity index (χ2v) is 8.83. The Hall–Kier alpha value is -1.83. The third-order valence-electron chi connectivity index (χ3n) is 4.94. The maximum absolute atomic E-state index is 12.6. The van der Waals surface area contributed by atoms with Gasteiger partial charge in [-0.05, 0) is 48.6 Å². The number of nitrogens with zero attached hydrogens (tertiary/aromatic N) is 4. The van der Waals surface area contributed by atoms with Crippen molar-refractivity contribution >= 4 is 10.0 Å². The molecule has 0 amide bonds. The molecular weight excluding hydrogens is 336 g/mol. The monoisotopic (exact) mass is 358 g/mol. The molecule has 25 heavy (non-hydrogen) atoms. The van der Waals surface area contributed by atoms with Gasteiger partial charge in [0.2, 0.25) is 10.0 Å². The van der Waals surface area contributed by atoms with Crippen LogP contribution in [0.1, 0.15) is 18.4 Å². The number of hydrogen-bond acceptors (Lipinski definition) is 5. The second kappa shape index (κ2) is 6.82. The van der Waals surface area contributed by atoms with Crippen LogP contribution in [-0.2, 0) is 16.6 Å².